The van der Waals surface area contributed by atoms with Crippen LogP contribution in [0.4, 0.5) is 0 Å². The standard InChI is InChI=1S/C19H21NO4S/c1-4-23-17-7-5-6-15-12-18(24-19(15)17)14(3)20-25(21,22)16-10-8-13(2)9-11-16/h5-12,14,20H,4H2,1-3H3. The second kappa shape index (κ2) is 6.90. The Morgan fingerprint density at radius 1 is 1.16 bits per heavy atom. The fourth-order valence-electron chi connectivity index (χ4n) is 2.62. The fourth-order valence-corrected chi connectivity index (χ4v) is 3.83. The largest absolute Gasteiger partial charge is 0.490 e. The van der Waals surface area contributed by atoms with E-state index >= 15 is 0 Å². The molecule has 5 nitrogen and oxygen atoms in total. The number of para-hydroxylation sites is 1. The predicted octanol–water partition coefficient (Wildman–Crippen LogP) is 4.18. The van der Waals surface area contributed by atoms with Gasteiger partial charge in [0.2, 0.25) is 10.0 Å². The van der Waals surface area contributed by atoms with E-state index in [1.54, 1.807) is 31.2 Å². The number of hydrogen-bond donors (Lipinski definition) is 1. The normalized spacial score (nSPS) is 13.1. The van der Waals surface area contributed by atoms with Crippen molar-refractivity contribution in [3.05, 3.63) is 59.9 Å². The summed E-state index contributed by atoms with van der Waals surface area (Å²) in [6, 6.07) is 13.7. The van der Waals surface area contributed by atoms with E-state index in [0.717, 1.165) is 10.9 Å². The van der Waals surface area contributed by atoms with Crippen molar-refractivity contribution >= 4 is 21.0 Å². The average molecular weight is 359 g/mol. The molecule has 3 rings (SSSR count). The molecule has 0 amide bonds. The quantitative estimate of drug-likeness (QED) is 0.717. The number of nitrogens with one attached hydrogen (secondary N) is 1. The number of furan rings is 1. The summed E-state index contributed by atoms with van der Waals surface area (Å²) in [6.07, 6.45) is 0. The van der Waals surface area contributed by atoms with Crippen molar-refractivity contribution in [3.8, 4) is 5.75 Å². The lowest BCUT2D eigenvalue weighted by Crippen LogP contribution is -2.26. The van der Waals surface area contributed by atoms with Gasteiger partial charge in [-0.15, -0.1) is 0 Å². The van der Waals surface area contributed by atoms with Crippen molar-refractivity contribution in [2.75, 3.05) is 6.61 Å². The Hall–Kier alpha value is -2.31. The molecule has 1 atom stereocenters. The van der Waals surface area contributed by atoms with Crippen LogP contribution in [0.2, 0.25) is 0 Å². The average Bonchev–Trinajstić information content (AvgIpc) is 3.00. The Balaban J connectivity index is 1.88. The van der Waals surface area contributed by atoms with Crippen molar-refractivity contribution in [3.63, 3.8) is 0 Å². The lowest BCUT2D eigenvalue weighted by atomic mass is 10.2. The molecule has 0 fully saturated rings. The predicted molar refractivity (Wildman–Crippen MR) is 97.3 cm³/mol. The van der Waals surface area contributed by atoms with Crippen molar-refractivity contribution in [2.24, 2.45) is 0 Å². The third-order valence-electron chi connectivity index (χ3n) is 3.92. The Bertz CT molecular complexity index is 974. The van der Waals surface area contributed by atoms with Gasteiger partial charge >= 0.3 is 0 Å². The fraction of sp³-hybridized carbons (Fsp3) is 0.263. The lowest BCUT2D eigenvalue weighted by molar-refractivity contribution is 0.336. The molecular weight excluding hydrogens is 338 g/mol. The Morgan fingerprint density at radius 3 is 2.56 bits per heavy atom. The van der Waals surface area contributed by atoms with Gasteiger partial charge in [0, 0.05) is 5.39 Å². The van der Waals surface area contributed by atoms with Gasteiger partial charge in [-0.2, -0.15) is 0 Å². The molecule has 0 saturated heterocycles. The van der Waals surface area contributed by atoms with Gasteiger partial charge in [0.1, 0.15) is 5.76 Å². The summed E-state index contributed by atoms with van der Waals surface area (Å²) in [5.41, 5.74) is 1.63. The molecule has 6 heteroatoms. The van der Waals surface area contributed by atoms with Crippen molar-refractivity contribution in [1.29, 1.82) is 0 Å². The van der Waals surface area contributed by atoms with E-state index in [4.69, 9.17) is 9.15 Å². The maximum atomic E-state index is 12.5. The zero-order valence-corrected chi connectivity index (χ0v) is 15.3. The van der Waals surface area contributed by atoms with E-state index < -0.39 is 16.1 Å². The van der Waals surface area contributed by atoms with Crippen molar-refractivity contribution in [2.45, 2.75) is 31.7 Å². The molecule has 1 aromatic heterocycles. The van der Waals surface area contributed by atoms with Gasteiger partial charge in [-0.1, -0.05) is 29.8 Å². The molecule has 0 saturated carbocycles. The molecule has 1 heterocycles. The van der Waals surface area contributed by atoms with E-state index in [1.807, 2.05) is 38.1 Å². The highest BCUT2D eigenvalue weighted by atomic mass is 32.2. The highest BCUT2D eigenvalue weighted by molar-refractivity contribution is 7.89. The first kappa shape index (κ1) is 17.5. The van der Waals surface area contributed by atoms with Crippen molar-refractivity contribution < 1.29 is 17.6 Å². The minimum Gasteiger partial charge on any atom is -0.490 e. The number of rotatable bonds is 6. The van der Waals surface area contributed by atoms with Gasteiger partial charge in [0.25, 0.3) is 0 Å². The lowest BCUT2D eigenvalue weighted by Gasteiger charge is -2.12. The molecule has 2 aromatic carbocycles. The van der Waals surface area contributed by atoms with E-state index in [1.165, 1.54) is 0 Å². The molecule has 1 unspecified atom stereocenters. The summed E-state index contributed by atoms with van der Waals surface area (Å²) in [5, 5.41) is 0.877. The minimum atomic E-state index is -3.62. The molecule has 1 N–H and O–H groups in total. The Labute approximate surface area is 147 Å². The SMILES string of the molecule is CCOc1cccc2cc(C(C)NS(=O)(=O)c3ccc(C)cc3)oc12. The summed E-state index contributed by atoms with van der Waals surface area (Å²) in [4.78, 5) is 0.232. The monoisotopic (exact) mass is 359 g/mol. The van der Waals surface area contributed by atoms with Crippen LogP contribution >= 0.6 is 0 Å². The van der Waals surface area contributed by atoms with Gasteiger partial charge in [-0.25, -0.2) is 13.1 Å². The first-order chi connectivity index (χ1) is 11.9. The number of sulfonamides is 1. The zero-order chi connectivity index (χ0) is 18.0. The molecule has 0 radical (unpaired) electrons. The minimum absolute atomic E-state index is 0.232. The molecule has 0 bridgehead atoms. The highest BCUT2D eigenvalue weighted by Crippen LogP contribution is 2.31. The second-order valence-electron chi connectivity index (χ2n) is 5.91. The number of aryl methyl sites for hydroxylation is 1. The second-order valence-corrected chi connectivity index (χ2v) is 7.63. The number of ether oxygens (including phenoxy) is 1. The molecule has 132 valence electrons. The van der Waals surface area contributed by atoms with Crippen LogP contribution in [0.5, 0.6) is 5.75 Å². The van der Waals surface area contributed by atoms with Gasteiger partial charge < -0.3 is 9.15 Å². The third kappa shape index (κ3) is 3.70. The maximum absolute atomic E-state index is 12.5. The first-order valence-electron chi connectivity index (χ1n) is 8.15. The van der Waals surface area contributed by atoms with Crippen LogP contribution < -0.4 is 9.46 Å². The third-order valence-corrected chi connectivity index (χ3v) is 5.47. The molecule has 3 aromatic rings. The number of hydrogen-bond acceptors (Lipinski definition) is 4. The smallest absolute Gasteiger partial charge is 0.241 e. The van der Waals surface area contributed by atoms with E-state index in [0.29, 0.717) is 23.7 Å². The van der Waals surface area contributed by atoms with Crippen LogP contribution in [-0.2, 0) is 10.0 Å². The van der Waals surface area contributed by atoms with E-state index in [9.17, 15) is 8.42 Å². The summed E-state index contributed by atoms with van der Waals surface area (Å²) in [7, 11) is -3.62. The van der Waals surface area contributed by atoms with Crippen LogP contribution in [0.15, 0.2) is 57.8 Å². The van der Waals surface area contributed by atoms with Gasteiger partial charge in [-0.3, -0.25) is 0 Å². The van der Waals surface area contributed by atoms with Crippen molar-refractivity contribution in [1.82, 2.24) is 4.72 Å². The summed E-state index contributed by atoms with van der Waals surface area (Å²) in [6.45, 7) is 6.10. The first-order valence-corrected chi connectivity index (χ1v) is 9.63. The van der Waals surface area contributed by atoms with Gasteiger partial charge in [0.15, 0.2) is 11.3 Å². The molecule has 0 aliphatic carbocycles. The van der Waals surface area contributed by atoms with Crippen LogP contribution in [0.25, 0.3) is 11.0 Å². The van der Waals surface area contributed by atoms with Crippen LogP contribution in [0, 0.1) is 6.92 Å². The van der Waals surface area contributed by atoms with Crippen LogP contribution in [0.1, 0.15) is 31.2 Å². The Morgan fingerprint density at radius 2 is 1.88 bits per heavy atom. The maximum Gasteiger partial charge on any atom is 0.241 e. The number of benzene rings is 2. The topological polar surface area (TPSA) is 68.5 Å². The number of fused-ring (bicyclic) bond motifs is 1. The molecule has 0 aliphatic heterocycles. The summed E-state index contributed by atoms with van der Waals surface area (Å²) >= 11 is 0. The summed E-state index contributed by atoms with van der Waals surface area (Å²) in [5.74, 6) is 1.19. The molecule has 25 heavy (non-hydrogen) atoms. The molecule has 0 aliphatic rings. The van der Waals surface area contributed by atoms with Gasteiger partial charge in [-0.05, 0) is 45.0 Å². The van der Waals surface area contributed by atoms with E-state index in [-0.39, 0.29) is 4.90 Å². The van der Waals surface area contributed by atoms with Crippen LogP contribution in [0.3, 0.4) is 0 Å². The Kier molecular flexibility index (Phi) is 4.83. The summed E-state index contributed by atoms with van der Waals surface area (Å²) < 4.78 is 39.2. The van der Waals surface area contributed by atoms with Gasteiger partial charge in [0.05, 0.1) is 17.5 Å². The van der Waals surface area contributed by atoms with Crippen LogP contribution in [-0.4, -0.2) is 15.0 Å². The zero-order valence-electron chi connectivity index (χ0n) is 14.4. The highest BCUT2D eigenvalue weighted by Gasteiger charge is 2.21. The molecular formula is C19H21NO4S. The van der Waals surface area contributed by atoms with E-state index in [2.05, 4.69) is 4.72 Å². The molecule has 0 spiro atoms.